The van der Waals surface area contributed by atoms with E-state index in [-0.39, 0.29) is 0 Å². The highest BCUT2D eigenvalue weighted by Crippen LogP contribution is 2.20. The van der Waals surface area contributed by atoms with Gasteiger partial charge in [-0.25, -0.2) is 9.97 Å². The predicted molar refractivity (Wildman–Crippen MR) is 84.6 cm³/mol. The van der Waals surface area contributed by atoms with Gasteiger partial charge >= 0.3 is 0 Å². The number of nitrogens with zero attached hydrogens (tertiary/aromatic N) is 4. The van der Waals surface area contributed by atoms with Crippen LogP contribution >= 0.6 is 22.9 Å². The average molecular weight is 317 g/mol. The zero-order valence-electron chi connectivity index (χ0n) is 11.5. The summed E-state index contributed by atoms with van der Waals surface area (Å²) in [6.07, 6.45) is 0.830. The van der Waals surface area contributed by atoms with Crippen LogP contribution in [0, 0.1) is 18.3 Å². The van der Waals surface area contributed by atoms with Crippen LogP contribution in [0.2, 0.25) is 0 Å². The molecule has 0 aliphatic carbocycles. The Bertz CT molecular complexity index is 828. The van der Waals surface area contributed by atoms with Crippen LogP contribution in [0.4, 0.5) is 0 Å². The summed E-state index contributed by atoms with van der Waals surface area (Å²) in [6, 6.07) is 7.68. The molecule has 0 spiro atoms. The van der Waals surface area contributed by atoms with E-state index in [1.165, 1.54) is 0 Å². The summed E-state index contributed by atoms with van der Waals surface area (Å²) < 4.78 is 2.08. The van der Waals surface area contributed by atoms with E-state index in [2.05, 4.69) is 26.0 Å². The van der Waals surface area contributed by atoms with Crippen molar-refractivity contribution < 1.29 is 0 Å². The van der Waals surface area contributed by atoms with Crippen molar-refractivity contribution in [2.75, 3.05) is 0 Å². The van der Waals surface area contributed by atoms with E-state index in [4.69, 9.17) is 16.9 Å². The second-order valence-electron chi connectivity index (χ2n) is 4.74. The van der Waals surface area contributed by atoms with Crippen LogP contribution in [0.1, 0.15) is 22.1 Å². The zero-order chi connectivity index (χ0) is 14.8. The Kier molecular flexibility index (Phi) is 3.91. The Balaban J connectivity index is 1.97. The maximum absolute atomic E-state index is 9.05. The zero-order valence-corrected chi connectivity index (χ0v) is 13.1. The lowest BCUT2D eigenvalue weighted by Crippen LogP contribution is -2.05. The molecule has 3 aromatic rings. The van der Waals surface area contributed by atoms with Crippen molar-refractivity contribution in [1.82, 2.24) is 14.5 Å². The van der Waals surface area contributed by atoms with Crippen molar-refractivity contribution >= 4 is 34.0 Å². The molecule has 106 valence electrons. The maximum Gasteiger partial charge on any atom is 0.124 e. The molecule has 2 aromatic heterocycles. The molecule has 21 heavy (non-hydrogen) atoms. The summed E-state index contributed by atoms with van der Waals surface area (Å²) in [4.78, 5) is 9.01. The number of rotatable bonds is 4. The molecule has 0 aliphatic heterocycles. The van der Waals surface area contributed by atoms with Crippen molar-refractivity contribution in [3.05, 3.63) is 45.7 Å². The standard InChI is InChI=1S/C15H13ClN4S/c1-10-18-12(9-21-10)4-5-20-14-6-11(8-17)2-3-13(14)19-15(20)7-16/h2-3,6,9H,4-5,7H2,1H3. The molecule has 1 aromatic carbocycles. The van der Waals surface area contributed by atoms with Crippen LogP contribution < -0.4 is 0 Å². The number of nitriles is 1. The topological polar surface area (TPSA) is 54.5 Å². The molecule has 0 bridgehead atoms. The van der Waals surface area contributed by atoms with Crippen LogP contribution in [-0.2, 0) is 18.8 Å². The van der Waals surface area contributed by atoms with Crippen molar-refractivity contribution in [3.8, 4) is 6.07 Å². The molecule has 0 amide bonds. The molecule has 0 N–H and O–H groups in total. The van der Waals surface area contributed by atoms with E-state index < -0.39 is 0 Å². The number of hydrogen-bond acceptors (Lipinski definition) is 4. The smallest absolute Gasteiger partial charge is 0.124 e. The van der Waals surface area contributed by atoms with Gasteiger partial charge in [0.2, 0.25) is 0 Å². The number of halogens is 1. The molecule has 0 aliphatic rings. The highest BCUT2D eigenvalue weighted by molar-refractivity contribution is 7.09. The predicted octanol–water partition coefficient (Wildman–Crippen LogP) is 3.65. The van der Waals surface area contributed by atoms with Crippen LogP contribution in [-0.4, -0.2) is 14.5 Å². The highest BCUT2D eigenvalue weighted by atomic mass is 35.5. The van der Waals surface area contributed by atoms with Gasteiger partial charge < -0.3 is 4.57 Å². The molecule has 0 saturated carbocycles. The van der Waals surface area contributed by atoms with Gasteiger partial charge in [0.15, 0.2) is 0 Å². The maximum atomic E-state index is 9.05. The van der Waals surface area contributed by atoms with Gasteiger partial charge in [0.05, 0.1) is 39.2 Å². The van der Waals surface area contributed by atoms with Crippen molar-refractivity contribution in [2.45, 2.75) is 25.8 Å². The summed E-state index contributed by atoms with van der Waals surface area (Å²) in [5.74, 6) is 1.18. The lowest BCUT2D eigenvalue weighted by atomic mass is 10.2. The fourth-order valence-corrected chi connectivity index (χ4v) is 3.19. The van der Waals surface area contributed by atoms with Gasteiger partial charge in [-0.05, 0) is 25.1 Å². The van der Waals surface area contributed by atoms with E-state index in [1.54, 1.807) is 17.4 Å². The van der Waals surface area contributed by atoms with Crippen molar-refractivity contribution in [2.24, 2.45) is 0 Å². The molecule has 0 saturated heterocycles. The number of fused-ring (bicyclic) bond motifs is 1. The molecule has 0 radical (unpaired) electrons. The Hall–Kier alpha value is -1.90. The summed E-state index contributed by atoms with van der Waals surface area (Å²) in [5, 5.41) is 12.2. The second kappa shape index (κ2) is 5.84. The molecule has 2 heterocycles. The Morgan fingerprint density at radius 2 is 2.24 bits per heavy atom. The number of hydrogen-bond donors (Lipinski definition) is 0. The van der Waals surface area contributed by atoms with Crippen LogP contribution in [0.15, 0.2) is 23.6 Å². The summed E-state index contributed by atoms with van der Waals surface area (Å²) in [5.41, 5.74) is 3.54. The lowest BCUT2D eigenvalue weighted by Gasteiger charge is -2.06. The van der Waals surface area contributed by atoms with Crippen molar-refractivity contribution in [1.29, 1.82) is 5.26 Å². The fraction of sp³-hybridized carbons (Fsp3) is 0.267. The minimum absolute atomic E-state index is 0.354. The largest absolute Gasteiger partial charge is 0.327 e. The molecular formula is C15H13ClN4S. The third-order valence-corrected chi connectivity index (χ3v) is 4.40. The summed E-state index contributed by atoms with van der Waals surface area (Å²) in [7, 11) is 0. The van der Waals surface area contributed by atoms with Gasteiger partial charge in [0, 0.05) is 18.3 Å². The molecule has 0 fully saturated rings. The third-order valence-electron chi connectivity index (χ3n) is 3.33. The number of alkyl halides is 1. The molecule has 0 atom stereocenters. The molecule has 4 nitrogen and oxygen atoms in total. The Morgan fingerprint density at radius 1 is 1.38 bits per heavy atom. The van der Waals surface area contributed by atoms with Gasteiger partial charge in [-0.1, -0.05) is 0 Å². The van der Waals surface area contributed by atoms with E-state index in [0.717, 1.165) is 40.5 Å². The lowest BCUT2D eigenvalue weighted by molar-refractivity contribution is 0.679. The number of thiazole rings is 1. The highest BCUT2D eigenvalue weighted by Gasteiger charge is 2.11. The normalized spacial score (nSPS) is 10.9. The minimum Gasteiger partial charge on any atom is -0.327 e. The number of aromatic nitrogens is 3. The fourth-order valence-electron chi connectivity index (χ4n) is 2.34. The van der Waals surface area contributed by atoms with E-state index in [1.807, 2.05) is 19.1 Å². The molecule has 0 unspecified atom stereocenters. The number of imidazole rings is 1. The monoisotopic (exact) mass is 316 g/mol. The first-order chi connectivity index (χ1) is 10.2. The third kappa shape index (κ3) is 2.78. The van der Waals surface area contributed by atoms with Gasteiger partial charge in [-0.3, -0.25) is 0 Å². The minimum atomic E-state index is 0.354. The molecular weight excluding hydrogens is 304 g/mol. The summed E-state index contributed by atoms with van der Waals surface area (Å²) >= 11 is 7.66. The Morgan fingerprint density at radius 3 is 2.90 bits per heavy atom. The first kappa shape index (κ1) is 14.1. The first-order valence-corrected chi connectivity index (χ1v) is 7.99. The van der Waals surface area contributed by atoms with Crippen LogP contribution in [0.5, 0.6) is 0 Å². The van der Waals surface area contributed by atoms with E-state index in [9.17, 15) is 0 Å². The Labute approximate surface area is 131 Å². The van der Waals surface area contributed by atoms with Crippen LogP contribution in [0.25, 0.3) is 11.0 Å². The quantitative estimate of drug-likeness (QED) is 0.690. The van der Waals surface area contributed by atoms with Gasteiger partial charge in [0.1, 0.15) is 5.82 Å². The number of benzene rings is 1. The average Bonchev–Trinajstić information content (AvgIpc) is 3.07. The molecule has 6 heteroatoms. The summed E-state index contributed by atoms with van der Waals surface area (Å²) in [6.45, 7) is 2.76. The van der Waals surface area contributed by atoms with Gasteiger partial charge in [-0.15, -0.1) is 22.9 Å². The van der Waals surface area contributed by atoms with Crippen molar-refractivity contribution in [3.63, 3.8) is 0 Å². The second-order valence-corrected chi connectivity index (χ2v) is 6.07. The first-order valence-electron chi connectivity index (χ1n) is 6.57. The van der Waals surface area contributed by atoms with Gasteiger partial charge in [0.25, 0.3) is 0 Å². The van der Waals surface area contributed by atoms with E-state index in [0.29, 0.717) is 11.4 Å². The molecule has 3 rings (SSSR count). The van der Waals surface area contributed by atoms with Gasteiger partial charge in [-0.2, -0.15) is 5.26 Å². The SMILES string of the molecule is Cc1nc(CCn2c(CCl)nc3ccc(C#N)cc32)cs1. The number of aryl methyl sites for hydroxylation is 3. The van der Waals surface area contributed by atoms with Crippen LogP contribution in [0.3, 0.4) is 0 Å². The van der Waals surface area contributed by atoms with E-state index >= 15 is 0 Å².